The molecule has 0 spiro atoms. The molecule has 2 aromatic rings. The van der Waals surface area contributed by atoms with Crippen molar-refractivity contribution < 1.29 is 71.3 Å². The molecular weight excluding hydrogens is 945 g/mol. The Hall–Kier alpha value is -6.81. The number of aromatic nitrogens is 4. The van der Waals surface area contributed by atoms with Crippen molar-refractivity contribution in [2.45, 2.75) is 109 Å². The minimum Gasteiger partial charge on any atom is -0.480 e. The number of tetrazole rings is 1. The molecule has 1 aromatic heterocycles. The minimum atomic E-state index is -4.14. The smallest absolute Gasteiger partial charge is 0.326 e. The molecular formula is C42H66N12O15S. The van der Waals surface area contributed by atoms with Crippen molar-refractivity contribution in [3.8, 4) is 0 Å². The number of carbonyl (C=O) groups is 9. The number of rotatable bonds is 37. The lowest BCUT2D eigenvalue weighted by Gasteiger charge is -2.19. The van der Waals surface area contributed by atoms with E-state index in [4.69, 9.17) is 20.9 Å². The predicted molar refractivity (Wildman–Crippen MR) is 247 cm³/mol. The first-order valence-electron chi connectivity index (χ1n) is 22.6. The monoisotopic (exact) mass is 1010 g/mol. The Morgan fingerprint density at radius 2 is 1.36 bits per heavy atom. The number of amides is 7. The minimum absolute atomic E-state index is 0.00316. The average molecular weight is 1010 g/mol. The summed E-state index contributed by atoms with van der Waals surface area (Å²) in [6.45, 7) is 3.68. The van der Waals surface area contributed by atoms with Gasteiger partial charge < -0.3 is 57.7 Å². The van der Waals surface area contributed by atoms with Gasteiger partial charge in [0.05, 0.1) is 25.6 Å². The van der Waals surface area contributed by atoms with Crippen molar-refractivity contribution in [3.63, 3.8) is 0 Å². The van der Waals surface area contributed by atoms with Gasteiger partial charge in [0.1, 0.15) is 30.6 Å². The summed E-state index contributed by atoms with van der Waals surface area (Å²) in [5.41, 5.74) is 12.0. The van der Waals surface area contributed by atoms with Crippen LogP contribution in [0, 0.1) is 11.8 Å². The number of nitrogens with one attached hydrogen (secondary N) is 7. The van der Waals surface area contributed by atoms with Crippen LogP contribution in [0.25, 0.3) is 0 Å². The highest BCUT2D eigenvalue weighted by Gasteiger charge is 2.27. The molecule has 7 amide bonds. The number of hydrogen-bond acceptors (Lipinski definition) is 17. The van der Waals surface area contributed by atoms with E-state index in [1.165, 1.54) is 0 Å². The molecule has 5 unspecified atom stereocenters. The van der Waals surface area contributed by atoms with E-state index in [9.17, 15) is 61.8 Å². The molecule has 0 aliphatic rings. The first kappa shape index (κ1) is 59.3. The SMILES string of the molecule is CCC(CC(C)Cc1nnn[nH]1)C(=O)NS(=O)(=O)CCCC(=O)NC(CCC(=O)NC(CCC(=O)NCCOCCOCC(=O)NC(CCCCNC(=O)c1ccc(N)cc1)C(N)=O)C(=O)O)C(=O)O. The van der Waals surface area contributed by atoms with Crippen LogP contribution in [-0.2, 0) is 64.3 Å². The largest absolute Gasteiger partial charge is 0.480 e. The van der Waals surface area contributed by atoms with E-state index in [1.54, 1.807) is 31.2 Å². The molecule has 27 nitrogen and oxygen atoms in total. The van der Waals surface area contributed by atoms with E-state index < -0.39 is 106 Å². The summed E-state index contributed by atoms with van der Waals surface area (Å²) < 4.78 is 37.8. The number of ether oxygens (including phenoxy) is 2. The fourth-order valence-electron chi connectivity index (χ4n) is 6.60. The summed E-state index contributed by atoms with van der Waals surface area (Å²) in [6, 6.07) is 2.42. The van der Waals surface area contributed by atoms with Gasteiger partial charge in [0.2, 0.25) is 45.5 Å². The first-order chi connectivity index (χ1) is 33.2. The van der Waals surface area contributed by atoms with E-state index in [2.05, 4.69) is 47.2 Å². The van der Waals surface area contributed by atoms with Crippen LogP contribution in [0.5, 0.6) is 0 Å². The van der Waals surface area contributed by atoms with Gasteiger partial charge in [-0.1, -0.05) is 13.8 Å². The van der Waals surface area contributed by atoms with Gasteiger partial charge in [-0.3, -0.25) is 38.3 Å². The molecule has 0 aliphatic carbocycles. The van der Waals surface area contributed by atoms with E-state index in [0.717, 1.165) is 0 Å². The average Bonchev–Trinajstić information content (AvgIpc) is 3.81. The summed E-state index contributed by atoms with van der Waals surface area (Å²) in [4.78, 5) is 110. The molecule has 0 radical (unpaired) electrons. The Kier molecular flexibility index (Phi) is 27.2. The van der Waals surface area contributed by atoms with Crippen LogP contribution >= 0.6 is 0 Å². The van der Waals surface area contributed by atoms with Crippen LogP contribution in [0.15, 0.2) is 24.3 Å². The van der Waals surface area contributed by atoms with Crippen molar-refractivity contribution in [1.29, 1.82) is 0 Å². The third-order valence-corrected chi connectivity index (χ3v) is 11.7. The zero-order chi connectivity index (χ0) is 52.1. The third kappa shape index (κ3) is 25.5. The van der Waals surface area contributed by atoms with E-state index in [-0.39, 0.29) is 70.5 Å². The maximum Gasteiger partial charge on any atom is 0.326 e. The van der Waals surface area contributed by atoms with Gasteiger partial charge in [-0.05, 0) is 92.0 Å². The molecule has 0 bridgehead atoms. The number of carboxylic acid groups (broad SMARTS) is 2. The van der Waals surface area contributed by atoms with E-state index in [1.807, 2.05) is 11.6 Å². The molecule has 2 rings (SSSR count). The van der Waals surface area contributed by atoms with Gasteiger partial charge in [0.25, 0.3) is 5.91 Å². The summed E-state index contributed by atoms with van der Waals surface area (Å²) >= 11 is 0. The van der Waals surface area contributed by atoms with Crippen LogP contribution in [0.4, 0.5) is 5.69 Å². The highest BCUT2D eigenvalue weighted by molar-refractivity contribution is 7.90. The molecule has 13 N–H and O–H groups in total. The number of unbranched alkanes of at least 4 members (excludes halogenated alkanes) is 1. The molecule has 0 fully saturated rings. The fourth-order valence-corrected chi connectivity index (χ4v) is 7.70. The Morgan fingerprint density at radius 1 is 0.743 bits per heavy atom. The second-order valence-electron chi connectivity index (χ2n) is 16.3. The van der Waals surface area contributed by atoms with Crippen LogP contribution < -0.4 is 42.8 Å². The normalized spacial score (nSPS) is 13.3. The standard InChI is InChI=1S/C42H66N12O15S/c1-3-27(23-26(2)24-33-50-53-54-51-33)40(61)52-70(66,67)22-6-8-35(56)48-32(42(64)65)14-16-36(57)49-31(41(62)63)13-15-34(55)45-18-19-68-20-21-69-25-37(58)47-30(38(44)59)7-4-5-17-46-39(60)28-9-11-29(43)12-10-28/h9-12,26-27,30-32H,3-8,13-25,43H2,1-2H3,(H2,44,59)(H,45,55)(H,46,60)(H,47,58)(H,48,56)(H,49,57)(H,52,61)(H,62,63)(H,64,65)(H,50,51,53,54). The molecule has 0 saturated carbocycles. The number of nitrogens with two attached hydrogens (primary N) is 2. The number of carbonyl (C=O) groups excluding carboxylic acids is 7. The van der Waals surface area contributed by atoms with Crippen molar-refractivity contribution in [2.24, 2.45) is 17.6 Å². The number of sulfonamides is 1. The Labute approximate surface area is 404 Å². The lowest BCUT2D eigenvalue weighted by Crippen LogP contribution is -2.45. The van der Waals surface area contributed by atoms with Gasteiger partial charge in [-0.2, -0.15) is 0 Å². The van der Waals surface area contributed by atoms with Gasteiger partial charge in [-0.15, -0.1) is 5.10 Å². The summed E-state index contributed by atoms with van der Waals surface area (Å²) in [7, 11) is -4.14. The lowest BCUT2D eigenvalue weighted by atomic mass is 9.91. The molecule has 70 heavy (non-hydrogen) atoms. The third-order valence-electron chi connectivity index (χ3n) is 10.4. The number of primary amides is 1. The van der Waals surface area contributed by atoms with Gasteiger partial charge in [-0.25, -0.2) is 23.1 Å². The quantitative estimate of drug-likeness (QED) is 0.0258. The Bertz CT molecular complexity index is 2130. The predicted octanol–water partition coefficient (Wildman–Crippen LogP) is -1.98. The number of benzene rings is 1. The molecule has 0 saturated heterocycles. The molecule has 0 aliphatic heterocycles. The van der Waals surface area contributed by atoms with Crippen LogP contribution in [0.1, 0.15) is 101 Å². The maximum absolute atomic E-state index is 12.7. The second-order valence-corrected chi connectivity index (χ2v) is 18.1. The lowest BCUT2D eigenvalue weighted by molar-refractivity contribution is -0.143. The summed E-state index contributed by atoms with van der Waals surface area (Å²) in [5.74, 6) is -8.22. The van der Waals surface area contributed by atoms with Gasteiger partial charge >= 0.3 is 11.9 Å². The number of H-pyrrole nitrogens is 1. The van der Waals surface area contributed by atoms with E-state index >= 15 is 0 Å². The van der Waals surface area contributed by atoms with Crippen LogP contribution in [0.3, 0.4) is 0 Å². The number of aliphatic carboxylic acids is 2. The summed E-state index contributed by atoms with van der Waals surface area (Å²) in [6.07, 6.45) is 0.185. The topological polar surface area (TPSA) is 425 Å². The van der Waals surface area contributed by atoms with Crippen molar-refractivity contribution in [1.82, 2.24) is 51.9 Å². The number of carboxylic acids is 2. The Balaban J connectivity index is 1.59. The maximum atomic E-state index is 12.7. The number of hydrogen-bond donors (Lipinski definition) is 11. The van der Waals surface area contributed by atoms with Crippen molar-refractivity contribution >= 4 is 69.0 Å². The number of nitrogen functional groups attached to an aromatic ring is 1. The highest BCUT2D eigenvalue weighted by atomic mass is 32.2. The molecule has 28 heteroatoms. The van der Waals surface area contributed by atoms with Crippen molar-refractivity contribution in [3.05, 3.63) is 35.7 Å². The molecule has 5 atom stereocenters. The first-order valence-corrected chi connectivity index (χ1v) is 24.3. The highest BCUT2D eigenvalue weighted by Crippen LogP contribution is 2.19. The fraction of sp³-hybridized carbons (Fsp3) is 0.619. The van der Waals surface area contributed by atoms with Gasteiger partial charge in [0, 0.05) is 55.9 Å². The zero-order valence-corrected chi connectivity index (χ0v) is 40.1. The Morgan fingerprint density at radius 3 is 1.96 bits per heavy atom. The number of nitrogens with zero attached hydrogens (tertiary/aromatic N) is 3. The van der Waals surface area contributed by atoms with Gasteiger partial charge in [0.15, 0.2) is 0 Å². The number of anilines is 1. The zero-order valence-electron chi connectivity index (χ0n) is 39.2. The van der Waals surface area contributed by atoms with Crippen LogP contribution in [-0.4, -0.2) is 156 Å². The molecule has 1 aromatic carbocycles. The van der Waals surface area contributed by atoms with E-state index in [0.29, 0.717) is 55.7 Å². The second kappa shape index (κ2) is 32.1. The molecule has 1 heterocycles. The summed E-state index contributed by atoms with van der Waals surface area (Å²) in [5, 5.41) is 44.8. The van der Waals surface area contributed by atoms with Crippen LogP contribution in [0.2, 0.25) is 0 Å². The van der Waals surface area contributed by atoms with Crippen molar-refractivity contribution in [2.75, 3.05) is 51.0 Å². The molecule has 390 valence electrons. The number of aromatic amines is 1.